The monoisotopic (exact) mass is 334 g/mol. The van der Waals surface area contributed by atoms with Crippen LogP contribution in [0.2, 0.25) is 0 Å². The van der Waals surface area contributed by atoms with Gasteiger partial charge in [0, 0.05) is 30.2 Å². The van der Waals surface area contributed by atoms with Crippen molar-refractivity contribution in [1.82, 2.24) is 4.90 Å². The molecule has 1 aliphatic rings. The van der Waals surface area contributed by atoms with Gasteiger partial charge in [0.15, 0.2) is 0 Å². The predicted octanol–water partition coefficient (Wildman–Crippen LogP) is 4.43. The number of fused-ring (bicyclic) bond motifs is 1. The Balaban J connectivity index is 0.00000176. The third kappa shape index (κ3) is 3.78. The van der Waals surface area contributed by atoms with Crippen LogP contribution in [0.3, 0.4) is 0 Å². The Labute approximate surface area is 143 Å². The van der Waals surface area contributed by atoms with Gasteiger partial charge in [0.1, 0.15) is 0 Å². The van der Waals surface area contributed by atoms with Crippen LogP contribution >= 0.6 is 24.2 Å². The van der Waals surface area contributed by atoms with Crippen LogP contribution in [0.1, 0.15) is 16.7 Å². The number of halogens is 1. The summed E-state index contributed by atoms with van der Waals surface area (Å²) in [6.07, 6.45) is 3.30. The van der Waals surface area contributed by atoms with Crippen LogP contribution in [0.15, 0.2) is 47.4 Å². The fourth-order valence-corrected chi connectivity index (χ4v) is 3.62. The quantitative estimate of drug-likeness (QED) is 0.814. The molecule has 4 heteroatoms. The van der Waals surface area contributed by atoms with E-state index in [-0.39, 0.29) is 12.4 Å². The third-order valence-corrected chi connectivity index (χ3v) is 4.84. The topological polar surface area (TPSA) is 15.3 Å². The van der Waals surface area contributed by atoms with Crippen molar-refractivity contribution < 1.29 is 0 Å². The van der Waals surface area contributed by atoms with E-state index < -0.39 is 0 Å². The summed E-state index contributed by atoms with van der Waals surface area (Å²) in [5.74, 6) is 0. The van der Waals surface area contributed by atoms with Crippen LogP contribution < -0.4 is 5.32 Å². The summed E-state index contributed by atoms with van der Waals surface area (Å²) in [6.45, 7) is 3.05. The molecule has 0 spiro atoms. The zero-order chi connectivity index (χ0) is 14.7. The van der Waals surface area contributed by atoms with Crippen molar-refractivity contribution in [3.8, 4) is 0 Å². The number of para-hydroxylation sites is 1. The average molecular weight is 335 g/mol. The number of nitrogens with zero attached hydrogens (tertiary/aromatic N) is 1. The Bertz CT molecular complexity index is 630. The van der Waals surface area contributed by atoms with Crippen molar-refractivity contribution in [2.75, 3.05) is 25.2 Å². The van der Waals surface area contributed by atoms with E-state index in [9.17, 15) is 0 Å². The first kappa shape index (κ1) is 17.2. The summed E-state index contributed by atoms with van der Waals surface area (Å²) in [5, 5.41) is 3.53. The number of hydrogen-bond acceptors (Lipinski definition) is 3. The number of hydrogen-bond donors (Lipinski definition) is 1. The second kappa shape index (κ2) is 7.91. The van der Waals surface area contributed by atoms with Gasteiger partial charge in [-0.15, -0.1) is 24.2 Å². The molecule has 2 aromatic rings. The first-order valence-electron chi connectivity index (χ1n) is 7.43. The maximum atomic E-state index is 3.53. The molecule has 0 aliphatic carbocycles. The molecule has 22 heavy (non-hydrogen) atoms. The molecule has 3 rings (SSSR count). The van der Waals surface area contributed by atoms with Gasteiger partial charge >= 0.3 is 0 Å². The zero-order valence-corrected chi connectivity index (χ0v) is 14.8. The fourth-order valence-electron chi connectivity index (χ4n) is 3.01. The fraction of sp³-hybridized carbons (Fsp3) is 0.333. The molecule has 1 heterocycles. The molecule has 0 bridgehead atoms. The minimum absolute atomic E-state index is 0. The Kier molecular flexibility index (Phi) is 6.18. The summed E-state index contributed by atoms with van der Waals surface area (Å²) in [4.78, 5) is 3.77. The first-order valence-corrected chi connectivity index (χ1v) is 8.65. The SMILES string of the molecule is CSc1ccccc1CN(C)Cc1cccc2c1NCC2.Cl. The van der Waals surface area contributed by atoms with Gasteiger partial charge in [0.25, 0.3) is 0 Å². The van der Waals surface area contributed by atoms with Crippen LogP contribution in [0, 0.1) is 0 Å². The summed E-state index contributed by atoms with van der Waals surface area (Å²) >= 11 is 1.82. The highest BCUT2D eigenvalue weighted by Crippen LogP contribution is 2.28. The minimum Gasteiger partial charge on any atom is -0.384 e. The molecule has 0 saturated heterocycles. The van der Waals surface area contributed by atoms with E-state index in [1.54, 1.807) is 0 Å². The molecule has 0 fully saturated rings. The summed E-state index contributed by atoms with van der Waals surface area (Å²) in [5.41, 5.74) is 5.65. The number of thioether (sulfide) groups is 1. The Hall–Kier alpha value is -1.16. The van der Waals surface area contributed by atoms with Crippen LogP contribution in [0.25, 0.3) is 0 Å². The molecule has 0 saturated carbocycles. The van der Waals surface area contributed by atoms with E-state index in [0.29, 0.717) is 0 Å². The summed E-state index contributed by atoms with van der Waals surface area (Å²) in [7, 11) is 2.20. The number of rotatable bonds is 5. The predicted molar refractivity (Wildman–Crippen MR) is 99.3 cm³/mol. The summed E-state index contributed by atoms with van der Waals surface area (Å²) < 4.78 is 0. The molecule has 0 aromatic heterocycles. The van der Waals surface area contributed by atoms with E-state index in [2.05, 4.69) is 66.0 Å². The van der Waals surface area contributed by atoms with Gasteiger partial charge in [0.2, 0.25) is 0 Å². The molecular weight excluding hydrogens is 312 g/mol. The Morgan fingerprint density at radius 1 is 1.05 bits per heavy atom. The van der Waals surface area contributed by atoms with Crippen molar-refractivity contribution in [2.24, 2.45) is 0 Å². The van der Waals surface area contributed by atoms with Crippen molar-refractivity contribution in [3.05, 3.63) is 59.2 Å². The maximum absolute atomic E-state index is 3.53. The van der Waals surface area contributed by atoms with Crippen molar-refractivity contribution in [1.29, 1.82) is 0 Å². The lowest BCUT2D eigenvalue weighted by Crippen LogP contribution is -2.18. The number of benzene rings is 2. The van der Waals surface area contributed by atoms with Gasteiger partial charge in [-0.3, -0.25) is 4.90 Å². The van der Waals surface area contributed by atoms with Gasteiger partial charge in [0.05, 0.1) is 0 Å². The molecule has 2 aromatic carbocycles. The van der Waals surface area contributed by atoms with Gasteiger partial charge in [-0.1, -0.05) is 36.4 Å². The minimum atomic E-state index is 0. The third-order valence-electron chi connectivity index (χ3n) is 4.01. The van der Waals surface area contributed by atoms with Crippen LogP contribution in [-0.4, -0.2) is 24.7 Å². The molecule has 0 amide bonds. The highest BCUT2D eigenvalue weighted by molar-refractivity contribution is 7.98. The van der Waals surface area contributed by atoms with Crippen LogP contribution in [-0.2, 0) is 19.5 Å². The zero-order valence-electron chi connectivity index (χ0n) is 13.1. The lowest BCUT2D eigenvalue weighted by atomic mass is 10.1. The van der Waals surface area contributed by atoms with Crippen molar-refractivity contribution in [3.63, 3.8) is 0 Å². The van der Waals surface area contributed by atoms with E-state index in [1.807, 2.05) is 11.8 Å². The standard InChI is InChI=1S/C18H22N2S.ClH/c1-20(12-15-6-3-4-9-17(15)21-2)13-16-8-5-7-14-10-11-19-18(14)16;/h3-9,19H,10-13H2,1-2H3;1H. The number of anilines is 1. The molecular formula is C18H23ClN2S. The smallest absolute Gasteiger partial charge is 0.0419 e. The molecule has 0 atom stereocenters. The van der Waals surface area contributed by atoms with E-state index in [4.69, 9.17) is 0 Å². The van der Waals surface area contributed by atoms with Gasteiger partial charge in [-0.05, 0) is 42.5 Å². The Morgan fingerprint density at radius 2 is 1.77 bits per heavy atom. The van der Waals surface area contributed by atoms with Gasteiger partial charge in [-0.2, -0.15) is 0 Å². The largest absolute Gasteiger partial charge is 0.384 e. The van der Waals surface area contributed by atoms with E-state index >= 15 is 0 Å². The highest BCUT2D eigenvalue weighted by Gasteiger charge is 2.15. The van der Waals surface area contributed by atoms with Crippen molar-refractivity contribution in [2.45, 2.75) is 24.4 Å². The first-order chi connectivity index (χ1) is 10.3. The molecule has 0 radical (unpaired) electrons. The second-order valence-electron chi connectivity index (χ2n) is 5.61. The molecule has 1 aliphatic heterocycles. The lowest BCUT2D eigenvalue weighted by Gasteiger charge is -2.20. The molecule has 1 N–H and O–H groups in total. The van der Waals surface area contributed by atoms with E-state index in [0.717, 1.165) is 26.1 Å². The van der Waals surface area contributed by atoms with Crippen LogP contribution in [0.4, 0.5) is 5.69 Å². The highest BCUT2D eigenvalue weighted by atomic mass is 35.5. The summed E-state index contributed by atoms with van der Waals surface area (Å²) in [6, 6.07) is 15.3. The molecule has 0 unspecified atom stereocenters. The average Bonchev–Trinajstić information content (AvgIpc) is 2.97. The number of nitrogens with one attached hydrogen (secondary N) is 1. The van der Waals surface area contributed by atoms with Gasteiger partial charge < -0.3 is 5.32 Å². The maximum Gasteiger partial charge on any atom is 0.0419 e. The Morgan fingerprint density at radius 3 is 2.59 bits per heavy atom. The van der Waals surface area contributed by atoms with Crippen LogP contribution in [0.5, 0.6) is 0 Å². The van der Waals surface area contributed by atoms with E-state index in [1.165, 1.54) is 27.3 Å². The lowest BCUT2D eigenvalue weighted by molar-refractivity contribution is 0.317. The molecule has 118 valence electrons. The van der Waals surface area contributed by atoms with Crippen molar-refractivity contribution >= 4 is 29.9 Å². The molecule has 2 nitrogen and oxygen atoms in total. The normalized spacial score (nSPS) is 12.7. The second-order valence-corrected chi connectivity index (χ2v) is 6.46. The van der Waals surface area contributed by atoms with Gasteiger partial charge in [-0.25, -0.2) is 0 Å².